The maximum absolute atomic E-state index is 13.4. The smallest absolute Gasteiger partial charge is 0.324 e. The molecule has 0 spiro atoms. The molecule has 172 valence electrons. The second-order valence-electron chi connectivity index (χ2n) is 10.4. The number of hydrogen-bond donors (Lipinski definition) is 1. The highest BCUT2D eigenvalue weighted by atomic mass is 16.2. The van der Waals surface area contributed by atoms with Crippen molar-refractivity contribution in [1.29, 1.82) is 0 Å². The third-order valence-electron chi connectivity index (χ3n) is 5.74. The number of benzene rings is 2. The minimum Gasteiger partial charge on any atom is -0.324 e. The molecule has 0 unspecified atom stereocenters. The molecule has 3 amide bonds. The molecular weight excluding hydrogens is 398 g/mol. The summed E-state index contributed by atoms with van der Waals surface area (Å²) in [5.41, 5.74) is 4.85. The van der Waals surface area contributed by atoms with Gasteiger partial charge in [0.15, 0.2) is 0 Å². The Hall–Kier alpha value is -2.82. The summed E-state index contributed by atoms with van der Waals surface area (Å²) < 4.78 is 0. The largest absolute Gasteiger partial charge is 0.324 e. The number of amides is 3. The van der Waals surface area contributed by atoms with Crippen molar-refractivity contribution in [1.82, 2.24) is 4.90 Å². The van der Waals surface area contributed by atoms with Gasteiger partial charge in [-0.2, -0.15) is 0 Å². The van der Waals surface area contributed by atoms with Crippen LogP contribution in [0, 0.1) is 12.3 Å². The van der Waals surface area contributed by atoms with Gasteiger partial charge in [-0.15, -0.1) is 0 Å². The number of carbonyl (C=O) groups is 2. The number of nitrogens with zero attached hydrogens (tertiary/aromatic N) is 2. The van der Waals surface area contributed by atoms with E-state index in [1.54, 1.807) is 4.90 Å². The van der Waals surface area contributed by atoms with Gasteiger partial charge in [-0.25, -0.2) is 4.79 Å². The molecule has 0 aromatic heterocycles. The fraction of sp³-hybridized carbons (Fsp3) is 0.481. The number of aryl methyl sites for hydroxylation is 1. The van der Waals surface area contributed by atoms with Crippen molar-refractivity contribution in [2.75, 3.05) is 23.3 Å². The van der Waals surface area contributed by atoms with E-state index < -0.39 is 0 Å². The van der Waals surface area contributed by atoms with Crippen LogP contribution >= 0.6 is 0 Å². The summed E-state index contributed by atoms with van der Waals surface area (Å²) >= 11 is 0. The highest BCUT2D eigenvalue weighted by Crippen LogP contribution is 2.31. The van der Waals surface area contributed by atoms with E-state index in [2.05, 4.69) is 43.4 Å². The number of carbonyl (C=O) groups excluding carboxylic acids is 2. The molecule has 1 saturated heterocycles. The van der Waals surface area contributed by atoms with Crippen LogP contribution in [0.4, 0.5) is 16.2 Å². The van der Waals surface area contributed by atoms with Crippen LogP contribution in [0.15, 0.2) is 42.5 Å². The molecule has 1 aliphatic heterocycles. The summed E-state index contributed by atoms with van der Waals surface area (Å²) in [5, 5.41) is 3.06. The first-order chi connectivity index (χ1) is 15.0. The number of anilines is 2. The summed E-state index contributed by atoms with van der Waals surface area (Å²) in [6, 6.07) is 14.4. The van der Waals surface area contributed by atoms with Gasteiger partial charge in [0.1, 0.15) is 0 Å². The van der Waals surface area contributed by atoms with Crippen molar-refractivity contribution < 1.29 is 9.59 Å². The van der Waals surface area contributed by atoms with E-state index in [4.69, 9.17) is 0 Å². The Balaban J connectivity index is 1.78. The zero-order valence-corrected chi connectivity index (χ0v) is 20.4. The van der Waals surface area contributed by atoms with Crippen LogP contribution in [0.3, 0.4) is 0 Å². The molecule has 1 fully saturated rings. The first-order valence-electron chi connectivity index (χ1n) is 11.6. The average Bonchev–Trinajstić information content (AvgIpc) is 2.69. The predicted molar refractivity (Wildman–Crippen MR) is 132 cm³/mol. The molecule has 2 aromatic rings. The Kier molecular flexibility index (Phi) is 7.27. The molecule has 5 nitrogen and oxygen atoms in total. The third kappa shape index (κ3) is 6.12. The van der Waals surface area contributed by atoms with Crippen LogP contribution in [0.25, 0.3) is 0 Å². The second-order valence-corrected chi connectivity index (χ2v) is 10.4. The number of urea groups is 1. The SMILES string of the molecule is Cc1ccc(N2CCCN(Cc3ccc(C(C)C)cc3)C2=O)c(NC(=O)CC(C)(C)C)c1. The molecule has 32 heavy (non-hydrogen) atoms. The molecule has 0 aliphatic carbocycles. The zero-order chi connectivity index (χ0) is 23.5. The molecule has 1 heterocycles. The van der Waals surface area contributed by atoms with Gasteiger partial charge in [0.2, 0.25) is 5.91 Å². The highest BCUT2D eigenvalue weighted by molar-refractivity contribution is 6.01. The van der Waals surface area contributed by atoms with Gasteiger partial charge < -0.3 is 10.2 Å². The molecule has 5 heteroatoms. The van der Waals surface area contributed by atoms with Gasteiger partial charge in [0.25, 0.3) is 0 Å². The van der Waals surface area contributed by atoms with Crippen molar-refractivity contribution in [3.63, 3.8) is 0 Å². The Morgan fingerprint density at radius 3 is 2.38 bits per heavy atom. The van der Waals surface area contributed by atoms with Crippen molar-refractivity contribution in [3.05, 3.63) is 59.2 Å². The quantitative estimate of drug-likeness (QED) is 0.577. The minimum absolute atomic E-state index is 0.0145. The van der Waals surface area contributed by atoms with E-state index in [0.29, 0.717) is 31.1 Å². The molecule has 0 radical (unpaired) electrons. The summed E-state index contributed by atoms with van der Waals surface area (Å²) in [7, 11) is 0. The van der Waals surface area contributed by atoms with Crippen molar-refractivity contribution in [3.8, 4) is 0 Å². The third-order valence-corrected chi connectivity index (χ3v) is 5.74. The summed E-state index contributed by atoms with van der Waals surface area (Å²) in [4.78, 5) is 29.7. The average molecular weight is 436 g/mol. The lowest BCUT2D eigenvalue weighted by molar-refractivity contribution is -0.117. The number of nitrogens with one attached hydrogen (secondary N) is 1. The molecule has 2 aromatic carbocycles. The molecule has 0 saturated carbocycles. The maximum atomic E-state index is 13.4. The van der Waals surface area contributed by atoms with Gasteiger partial charge >= 0.3 is 6.03 Å². The van der Waals surface area contributed by atoms with E-state index >= 15 is 0 Å². The van der Waals surface area contributed by atoms with Crippen molar-refractivity contribution in [2.24, 2.45) is 5.41 Å². The monoisotopic (exact) mass is 435 g/mol. The molecule has 1 N–H and O–H groups in total. The Labute approximate surface area is 192 Å². The molecule has 3 rings (SSSR count). The Bertz CT molecular complexity index is 958. The Morgan fingerprint density at radius 2 is 1.75 bits per heavy atom. The normalized spacial score (nSPS) is 14.8. The van der Waals surface area contributed by atoms with Crippen LogP contribution in [-0.2, 0) is 11.3 Å². The number of hydrogen-bond acceptors (Lipinski definition) is 2. The predicted octanol–water partition coefficient (Wildman–Crippen LogP) is 6.33. The Morgan fingerprint density at radius 1 is 1.06 bits per heavy atom. The fourth-order valence-corrected chi connectivity index (χ4v) is 4.04. The summed E-state index contributed by atoms with van der Waals surface area (Å²) in [5.74, 6) is 0.459. The maximum Gasteiger partial charge on any atom is 0.324 e. The van der Waals surface area contributed by atoms with Crippen LogP contribution in [0.5, 0.6) is 0 Å². The molecule has 0 atom stereocenters. The lowest BCUT2D eigenvalue weighted by atomic mass is 9.92. The minimum atomic E-state index is -0.100. The van der Waals surface area contributed by atoms with Gasteiger partial charge in [0.05, 0.1) is 11.4 Å². The lowest BCUT2D eigenvalue weighted by Crippen LogP contribution is -2.49. The van der Waals surface area contributed by atoms with Crippen LogP contribution in [0.1, 0.15) is 70.1 Å². The molecule has 0 bridgehead atoms. The standard InChI is InChI=1S/C27H37N3O2/c1-19(2)22-11-9-21(10-12-22)18-29-14-7-15-30(26(29)32)24-13-8-20(3)16-23(24)28-25(31)17-27(4,5)6/h8-13,16,19H,7,14-15,17-18H2,1-6H3,(H,28,31). The van der Waals surface area contributed by atoms with E-state index in [1.807, 2.05) is 50.8 Å². The summed E-state index contributed by atoms with van der Waals surface area (Å²) in [6.45, 7) is 14.5. The first kappa shape index (κ1) is 23.8. The first-order valence-corrected chi connectivity index (χ1v) is 11.6. The van der Waals surface area contributed by atoms with Crippen molar-refractivity contribution in [2.45, 2.75) is 66.8 Å². The van der Waals surface area contributed by atoms with Gasteiger partial charge in [-0.3, -0.25) is 9.69 Å². The van der Waals surface area contributed by atoms with E-state index in [-0.39, 0.29) is 17.4 Å². The van der Waals surface area contributed by atoms with Crippen LogP contribution < -0.4 is 10.2 Å². The van der Waals surface area contributed by atoms with E-state index in [0.717, 1.165) is 29.8 Å². The molecule has 1 aliphatic rings. The van der Waals surface area contributed by atoms with E-state index in [9.17, 15) is 9.59 Å². The summed E-state index contributed by atoms with van der Waals surface area (Å²) in [6.07, 6.45) is 1.31. The van der Waals surface area contributed by atoms with Gasteiger partial charge in [0, 0.05) is 26.1 Å². The van der Waals surface area contributed by atoms with Crippen LogP contribution in [-0.4, -0.2) is 29.9 Å². The van der Waals surface area contributed by atoms with Gasteiger partial charge in [-0.05, 0) is 53.5 Å². The van der Waals surface area contributed by atoms with Gasteiger partial charge in [-0.1, -0.05) is 65.0 Å². The lowest BCUT2D eigenvalue weighted by Gasteiger charge is -2.36. The zero-order valence-electron chi connectivity index (χ0n) is 20.4. The molecular formula is C27H37N3O2. The number of rotatable bonds is 6. The highest BCUT2D eigenvalue weighted by Gasteiger charge is 2.29. The van der Waals surface area contributed by atoms with Crippen LogP contribution in [0.2, 0.25) is 0 Å². The van der Waals surface area contributed by atoms with E-state index in [1.165, 1.54) is 5.56 Å². The fourth-order valence-electron chi connectivity index (χ4n) is 4.04. The van der Waals surface area contributed by atoms with Crippen molar-refractivity contribution >= 4 is 23.3 Å². The second kappa shape index (κ2) is 9.76. The topological polar surface area (TPSA) is 52.6 Å².